The second kappa shape index (κ2) is 6.10. The van der Waals surface area contributed by atoms with Crippen LogP contribution >= 0.6 is 0 Å². The predicted octanol–water partition coefficient (Wildman–Crippen LogP) is 3.21. The number of rotatable bonds is 5. The van der Waals surface area contributed by atoms with Crippen molar-refractivity contribution in [1.29, 1.82) is 0 Å². The van der Waals surface area contributed by atoms with Gasteiger partial charge in [-0.15, -0.1) is 0 Å². The summed E-state index contributed by atoms with van der Waals surface area (Å²) >= 11 is 0. The van der Waals surface area contributed by atoms with Crippen molar-refractivity contribution in [2.75, 3.05) is 25.5 Å². The first-order valence-electron chi connectivity index (χ1n) is 7.07. The molecule has 2 aromatic rings. The van der Waals surface area contributed by atoms with Crippen molar-refractivity contribution in [2.45, 2.75) is 18.8 Å². The van der Waals surface area contributed by atoms with Gasteiger partial charge in [0.1, 0.15) is 0 Å². The van der Waals surface area contributed by atoms with E-state index in [2.05, 4.69) is 74.4 Å². The van der Waals surface area contributed by atoms with Crippen LogP contribution in [0.5, 0.6) is 0 Å². The minimum atomic E-state index is -0.0130. The normalized spacial score (nSPS) is 13.8. The van der Waals surface area contributed by atoms with Crippen molar-refractivity contribution >= 4 is 5.69 Å². The molecular weight excluding hydrogens is 244 g/mol. The third-order valence-corrected chi connectivity index (χ3v) is 3.97. The van der Waals surface area contributed by atoms with E-state index >= 15 is 0 Å². The Labute approximate surface area is 122 Å². The molecule has 2 aromatic carbocycles. The van der Waals surface area contributed by atoms with Crippen molar-refractivity contribution in [3.05, 3.63) is 65.7 Å². The number of benzene rings is 2. The minimum absolute atomic E-state index is 0.0130. The van der Waals surface area contributed by atoms with Crippen molar-refractivity contribution in [1.82, 2.24) is 0 Å². The van der Waals surface area contributed by atoms with Crippen molar-refractivity contribution in [2.24, 2.45) is 5.73 Å². The van der Waals surface area contributed by atoms with Crippen LogP contribution in [0.3, 0.4) is 0 Å². The van der Waals surface area contributed by atoms with Crippen LogP contribution in [-0.4, -0.2) is 20.6 Å². The van der Waals surface area contributed by atoms with E-state index in [0.717, 1.165) is 6.42 Å². The molecule has 0 bridgehead atoms. The Bertz CT molecular complexity index is 531. The molecule has 0 fully saturated rings. The maximum absolute atomic E-state index is 6.06. The molecule has 0 saturated carbocycles. The smallest absolute Gasteiger partial charge is 0.0361 e. The highest BCUT2D eigenvalue weighted by Gasteiger charge is 2.25. The van der Waals surface area contributed by atoms with Gasteiger partial charge in [0.25, 0.3) is 0 Å². The first-order valence-corrected chi connectivity index (χ1v) is 7.07. The zero-order valence-electron chi connectivity index (χ0n) is 12.6. The molecule has 2 nitrogen and oxygen atoms in total. The van der Waals surface area contributed by atoms with Gasteiger partial charge in [0.15, 0.2) is 0 Å². The lowest BCUT2D eigenvalue weighted by Crippen LogP contribution is -2.34. The van der Waals surface area contributed by atoms with Crippen molar-refractivity contribution in [3.8, 4) is 0 Å². The predicted molar refractivity (Wildman–Crippen MR) is 87.3 cm³/mol. The summed E-state index contributed by atoms with van der Waals surface area (Å²) in [5.74, 6) is 0. The maximum Gasteiger partial charge on any atom is 0.0361 e. The van der Waals surface area contributed by atoms with Crippen molar-refractivity contribution in [3.63, 3.8) is 0 Å². The fourth-order valence-corrected chi connectivity index (χ4v) is 2.50. The molecule has 106 valence electrons. The summed E-state index contributed by atoms with van der Waals surface area (Å²) < 4.78 is 0. The molecule has 0 aliphatic heterocycles. The third-order valence-electron chi connectivity index (χ3n) is 3.97. The number of hydrogen-bond donors (Lipinski definition) is 1. The first kappa shape index (κ1) is 14.6. The lowest BCUT2D eigenvalue weighted by atomic mass is 9.77. The molecule has 2 heteroatoms. The zero-order chi connectivity index (χ0) is 14.6. The summed E-state index contributed by atoms with van der Waals surface area (Å²) in [5, 5.41) is 0. The van der Waals surface area contributed by atoms with E-state index < -0.39 is 0 Å². The first-order chi connectivity index (χ1) is 9.55. The van der Waals surface area contributed by atoms with E-state index in [0.29, 0.717) is 6.54 Å². The highest BCUT2D eigenvalue weighted by Crippen LogP contribution is 2.27. The van der Waals surface area contributed by atoms with Gasteiger partial charge in [-0.05, 0) is 29.7 Å². The lowest BCUT2D eigenvalue weighted by molar-refractivity contribution is 0.481. The fourth-order valence-electron chi connectivity index (χ4n) is 2.50. The summed E-state index contributed by atoms with van der Waals surface area (Å²) in [6.45, 7) is 2.88. The molecule has 0 heterocycles. The molecule has 1 unspecified atom stereocenters. The minimum Gasteiger partial charge on any atom is -0.378 e. The molecule has 20 heavy (non-hydrogen) atoms. The zero-order valence-corrected chi connectivity index (χ0v) is 12.6. The largest absolute Gasteiger partial charge is 0.378 e. The monoisotopic (exact) mass is 268 g/mol. The van der Waals surface area contributed by atoms with E-state index in [1.807, 2.05) is 6.07 Å². The molecule has 0 aliphatic carbocycles. The molecule has 0 spiro atoms. The highest BCUT2D eigenvalue weighted by molar-refractivity contribution is 5.46. The van der Waals surface area contributed by atoms with Gasteiger partial charge in [-0.2, -0.15) is 0 Å². The number of nitrogens with zero attached hydrogens (tertiary/aromatic N) is 1. The van der Waals surface area contributed by atoms with Gasteiger partial charge in [0, 0.05) is 31.7 Å². The molecular formula is C18H24N2. The van der Waals surface area contributed by atoms with Gasteiger partial charge in [0.05, 0.1) is 0 Å². The SMILES string of the molecule is CN(C)c1ccc(CC(C)(CN)c2ccccc2)cc1. The molecule has 2 rings (SSSR count). The Hall–Kier alpha value is -1.80. The Morgan fingerprint density at radius 1 is 0.950 bits per heavy atom. The van der Waals surface area contributed by atoms with Gasteiger partial charge in [-0.3, -0.25) is 0 Å². The third kappa shape index (κ3) is 3.20. The van der Waals surface area contributed by atoms with Gasteiger partial charge in [0.2, 0.25) is 0 Å². The van der Waals surface area contributed by atoms with Gasteiger partial charge in [-0.1, -0.05) is 49.4 Å². The van der Waals surface area contributed by atoms with Gasteiger partial charge < -0.3 is 10.6 Å². The summed E-state index contributed by atoms with van der Waals surface area (Å²) in [6, 6.07) is 19.3. The Morgan fingerprint density at radius 3 is 2.05 bits per heavy atom. The highest BCUT2D eigenvalue weighted by atomic mass is 15.1. The van der Waals surface area contributed by atoms with E-state index in [4.69, 9.17) is 5.73 Å². The maximum atomic E-state index is 6.06. The fraction of sp³-hybridized carbons (Fsp3) is 0.333. The average molecular weight is 268 g/mol. The number of hydrogen-bond acceptors (Lipinski definition) is 2. The lowest BCUT2D eigenvalue weighted by Gasteiger charge is -2.29. The molecule has 0 radical (unpaired) electrons. The summed E-state index contributed by atoms with van der Waals surface area (Å²) in [7, 11) is 4.12. The Balaban J connectivity index is 2.22. The van der Waals surface area contributed by atoms with Gasteiger partial charge in [-0.25, -0.2) is 0 Å². The second-order valence-electron chi connectivity index (χ2n) is 5.87. The Kier molecular flexibility index (Phi) is 4.46. The molecule has 0 amide bonds. The molecule has 0 saturated heterocycles. The van der Waals surface area contributed by atoms with Gasteiger partial charge >= 0.3 is 0 Å². The van der Waals surface area contributed by atoms with Crippen LogP contribution < -0.4 is 10.6 Å². The summed E-state index contributed by atoms with van der Waals surface area (Å²) in [4.78, 5) is 2.11. The Morgan fingerprint density at radius 2 is 1.55 bits per heavy atom. The number of nitrogens with two attached hydrogens (primary N) is 1. The van der Waals surface area contributed by atoms with Crippen LogP contribution in [-0.2, 0) is 11.8 Å². The van der Waals surface area contributed by atoms with Crippen LogP contribution in [0.2, 0.25) is 0 Å². The van der Waals surface area contributed by atoms with E-state index in [1.54, 1.807) is 0 Å². The van der Waals surface area contributed by atoms with Crippen LogP contribution in [0.4, 0.5) is 5.69 Å². The van der Waals surface area contributed by atoms with E-state index in [1.165, 1.54) is 16.8 Å². The van der Waals surface area contributed by atoms with Crippen LogP contribution in [0.25, 0.3) is 0 Å². The summed E-state index contributed by atoms with van der Waals surface area (Å²) in [5.41, 5.74) is 9.90. The van der Waals surface area contributed by atoms with Crippen molar-refractivity contribution < 1.29 is 0 Å². The average Bonchev–Trinajstić information content (AvgIpc) is 2.48. The summed E-state index contributed by atoms with van der Waals surface area (Å²) in [6.07, 6.45) is 0.960. The van der Waals surface area contributed by atoms with E-state index in [9.17, 15) is 0 Å². The molecule has 0 aromatic heterocycles. The van der Waals surface area contributed by atoms with Crippen LogP contribution in [0.15, 0.2) is 54.6 Å². The quantitative estimate of drug-likeness (QED) is 0.902. The number of anilines is 1. The van der Waals surface area contributed by atoms with Crippen LogP contribution in [0, 0.1) is 0 Å². The standard InChI is InChI=1S/C18H24N2/c1-18(14-19,16-7-5-4-6-8-16)13-15-9-11-17(12-10-15)20(2)3/h4-12H,13-14,19H2,1-3H3. The van der Waals surface area contributed by atoms with Crippen LogP contribution in [0.1, 0.15) is 18.1 Å². The molecule has 1 atom stereocenters. The molecule has 0 aliphatic rings. The second-order valence-corrected chi connectivity index (χ2v) is 5.87. The molecule has 2 N–H and O–H groups in total. The topological polar surface area (TPSA) is 29.3 Å². The van der Waals surface area contributed by atoms with E-state index in [-0.39, 0.29) is 5.41 Å².